The molecule has 0 aromatic rings. The van der Waals surface area contributed by atoms with E-state index >= 15 is 0 Å². The van der Waals surface area contributed by atoms with Crippen LogP contribution in [0.25, 0.3) is 0 Å². The van der Waals surface area contributed by atoms with Crippen molar-refractivity contribution in [3.8, 4) is 0 Å². The van der Waals surface area contributed by atoms with Crippen LogP contribution in [0.5, 0.6) is 0 Å². The van der Waals surface area contributed by atoms with Gasteiger partial charge in [-0.2, -0.15) is 0 Å². The number of ether oxygens (including phenoxy) is 1. The second kappa shape index (κ2) is 6.02. The van der Waals surface area contributed by atoms with Crippen LogP contribution in [-0.2, 0) is 9.53 Å². The van der Waals surface area contributed by atoms with Crippen molar-refractivity contribution in [3.63, 3.8) is 0 Å². The van der Waals surface area contributed by atoms with Gasteiger partial charge in [-0.3, -0.25) is 4.79 Å². The van der Waals surface area contributed by atoms with Crippen LogP contribution in [0.2, 0.25) is 0 Å². The Kier molecular flexibility index (Phi) is 4.94. The minimum absolute atomic E-state index is 0.00526. The van der Waals surface area contributed by atoms with Gasteiger partial charge in [-0.25, -0.2) is 0 Å². The third-order valence-electron chi connectivity index (χ3n) is 2.59. The smallest absolute Gasteiger partial charge is 0.308 e. The first-order valence-corrected chi connectivity index (χ1v) is 5.60. The number of carbonyl (C=O) groups excluding carboxylic acids is 1. The molecule has 1 N–H and O–H groups in total. The fraction of sp³-hybridized carbons (Fsp3) is 0.909. The van der Waals surface area contributed by atoms with E-state index in [1.165, 1.54) is 19.3 Å². The predicted molar refractivity (Wildman–Crippen MR) is 56.1 cm³/mol. The van der Waals surface area contributed by atoms with E-state index in [0.29, 0.717) is 12.6 Å². The minimum Gasteiger partial charge on any atom is -0.465 e. The van der Waals surface area contributed by atoms with Crippen molar-refractivity contribution in [2.75, 3.05) is 13.2 Å². The Morgan fingerprint density at radius 3 is 2.86 bits per heavy atom. The van der Waals surface area contributed by atoms with E-state index in [4.69, 9.17) is 4.74 Å². The molecular formula is C11H21NO2. The van der Waals surface area contributed by atoms with E-state index in [-0.39, 0.29) is 11.9 Å². The average Bonchev–Trinajstić information content (AvgIpc) is 2.19. The first-order valence-electron chi connectivity index (χ1n) is 5.60. The summed E-state index contributed by atoms with van der Waals surface area (Å²) in [5.74, 6) is -0.0878. The molecule has 1 rings (SSSR count). The van der Waals surface area contributed by atoms with Gasteiger partial charge in [0.15, 0.2) is 0 Å². The van der Waals surface area contributed by atoms with Crippen LogP contribution in [0.15, 0.2) is 0 Å². The molecule has 0 aromatic heterocycles. The largest absolute Gasteiger partial charge is 0.465 e. The quantitative estimate of drug-likeness (QED) is 0.701. The molecule has 1 aliphatic rings. The molecule has 0 radical (unpaired) electrons. The number of hydrogen-bond donors (Lipinski definition) is 1. The van der Waals surface area contributed by atoms with E-state index in [0.717, 1.165) is 13.0 Å². The monoisotopic (exact) mass is 199 g/mol. The van der Waals surface area contributed by atoms with Crippen molar-refractivity contribution in [1.29, 1.82) is 0 Å². The molecule has 1 atom stereocenters. The zero-order chi connectivity index (χ0) is 10.4. The van der Waals surface area contributed by atoms with Crippen LogP contribution in [0, 0.1) is 5.92 Å². The molecule has 0 aromatic carbocycles. The molecule has 82 valence electrons. The van der Waals surface area contributed by atoms with Gasteiger partial charge in [0, 0.05) is 6.04 Å². The second-order valence-corrected chi connectivity index (χ2v) is 4.26. The normalized spacial score (nSPS) is 22.4. The van der Waals surface area contributed by atoms with Crippen molar-refractivity contribution in [3.05, 3.63) is 0 Å². The predicted octanol–water partition coefficient (Wildman–Crippen LogP) is 1.72. The van der Waals surface area contributed by atoms with E-state index < -0.39 is 0 Å². The lowest BCUT2D eigenvalue weighted by atomic mass is 10.0. The topological polar surface area (TPSA) is 38.3 Å². The maximum absolute atomic E-state index is 11.1. The Morgan fingerprint density at radius 2 is 2.29 bits per heavy atom. The van der Waals surface area contributed by atoms with E-state index in [1.807, 2.05) is 13.8 Å². The summed E-state index contributed by atoms with van der Waals surface area (Å²) < 4.78 is 5.13. The van der Waals surface area contributed by atoms with Crippen LogP contribution in [-0.4, -0.2) is 25.2 Å². The Morgan fingerprint density at radius 1 is 1.50 bits per heavy atom. The van der Waals surface area contributed by atoms with Gasteiger partial charge < -0.3 is 10.1 Å². The lowest BCUT2D eigenvalue weighted by molar-refractivity contribution is -0.147. The Labute approximate surface area is 86.2 Å². The standard InChI is InChI=1S/C11H21NO2/c1-9(2)11(13)14-8-6-10-5-3-4-7-12-10/h9-10,12H,3-8H2,1-2H3/t10-/m0/s1. The van der Waals surface area contributed by atoms with Crippen LogP contribution < -0.4 is 5.32 Å². The van der Waals surface area contributed by atoms with Crippen molar-refractivity contribution >= 4 is 5.97 Å². The van der Waals surface area contributed by atoms with Gasteiger partial charge in [0.05, 0.1) is 12.5 Å². The number of hydrogen-bond acceptors (Lipinski definition) is 3. The molecule has 1 aliphatic heterocycles. The minimum atomic E-state index is -0.0826. The summed E-state index contributed by atoms with van der Waals surface area (Å²) in [6.45, 7) is 5.40. The first kappa shape index (κ1) is 11.5. The van der Waals surface area contributed by atoms with Crippen molar-refractivity contribution < 1.29 is 9.53 Å². The van der Waals surface area contributed by atoms with Crippen molar-refractivity contribution in [2.45, 2.75) is 45.6 Å². The summed E-state index contributed by atoms with van der Waals surface area (Å²) in [5.41, 5.74) is 0. The molecule has 1 saturated heterocycles. The number of rotatable bonds is 4. The number of carbonyl (C=O) groups is 1. The van der Waals surface area contributed by atoms with Gasteiger partial charge in [-0.1, -0.05) is 20.3 Å². The fourth-order valence-electron chi connectivity index (χ4n) is 1.64. The molecule has 0 aliphatic carbocycles. The highest BCUT2D eigenvalue weighted by Gasteiger charge is 2.13. The first-order chi connectivity index (χ1) is 6.70. The molecular weight excluding hydrogens is 178 g/mol. The SMILES string of the molecule is CC(C)C(=O)OCC[C@@H]1CCCCN1. The molecule has 1 fully saturated rings. The van der Waals surface area contributed by atoms with Crippen LogP contribution in [0.1, 0.15) is 39.5 Å². The molecule has 0 saturated carbocycles. The highest BCUT2D eigenvalue weighted by molar-refractivity contribution is 5.71. The third-order valence-corrected chi connectivity index (χ3v) is 2.59. The molecule has 0 amide bonds. The maximum Gasteiger partial charge on any atom is 0.308 e. The van der Waals surface area contributed by atoms with E-state index in [2.05, 4.69) is 5.32 Å². The number of piperidine rings is 1. The van der Waals surface area contributed by atoms with Crippen molar-refractivity contribution in [2.24, 2.45) is 5.92 Å². The highest BCUT2D eigenvalue weighted by atomic mass is 16.5. The van der Waals surface area contributed by atoms with Crippen LogP contribution in [0.3, 0.4) is 0 Å². The second-order valence-electron chi connectivity index (χ2n) is 4.26. The van der Waals surface area contributed by atoms with Gasteiger partial charge in [0.2, 0.25) is 0 Å². The molecule has 14 heavy (non-hydrogen) atoms. The Hall–Kier alpha value is -0.570. The summed E-state index contributed by atoms with van der Waals surface area (Å²) in [5, 5.41) is 3.43. The summed E-state index contributed by atoms with van der Waals surface area (Å²) >= 11 is 0. The van der Waals surface area contributed by atoms with E-state index in [1.54, 1.807) is 0 Å². The fourth-order valence-corrected chi connectivity index (χ4v) is 1.64. The lowest BCUT2D eigenvalue weighted by Crippen LogP contribution is -2.35. The summed E-state index contributed by atoms with van der Waals surface area (Å²) in [7, 11) is 0. The van der Waals surface area contributed by atoms with Gasteiger partial charge in [-0.05, 0) is 25.8 Å². The van der Waals surface area contributed by atoms with Gasteiger partial charge in [-0.15, -0.1) is 0 Å². The summed E-state index contributed by atoms with van der Waals surface area (Å²) in [6.07, 6.45) is 4.76. The van der Waals surface area contributed by atoms with Gasteiger partial charge in [0.1, 0.15) is 0 Å². The molecule has 1 heterocycles. The average molecular weight is 199 g/mol. The Balaban J connectivity index is 2.05. The molecule has 3 nitrogen and oxygen atoms in total. The summed E-state index contributed by atoms with van der Waals surface area (Å²) in [4.78, 5) is 11.1. The Bertz CT molecular complexity index is 174. The molecule has 0 bridgehead atoms. The molecule has 0 unspecified atom stereocenters. The molecule has 0 spiro atoms. The zero-order valence-electron chi connectivity index (χ0n) is 9.21. The number of esters is 1. The lowest BCUT2D eigenvalue weighted by Gasteiger charge is -2.23. The van der Waals surface area contributed by atoms with Gasteiger partial charge in [0.25, 0.3) is 0 Å². The van der Waals surface area contributed by atoms with Crippen LogP contribution in [0.4, 0.5) is 0 Å². The molecule has 3 heteroatoms. The van der Waals surface area contributed by atoms with E-state index in [9.17, 15) is 4.79 Å². The van der Waals surface area contributed by atoms with Gasteiger partial charge >= 0.3 is 5.97 Å². The third kappa shape index (κ3) is 4.09. The highest BCUT2D eigenvalue weighted by Crippen LogP contribution is 2.10. The maximum atomic E-state index is 11.1. The zero-order valence-corrected chi connectivity index (χ0v) is 9.21. The van der Waals surface area contributed by atoms with Crippen LogP contribution >= 0.6 is 0 Å². The number of nitrogens with one attached hydrogen (secondary N) is 1. The van der Waals surface area contributed by atoms with Crippen molar-refractivity contribution in [1.82, 2.24) is 5.32 Å². The summed E-state index contributed by atoms with van der Waals surface area (Å²) in [6, 6.07) is 0.559.